The molecule has 2 aromatic rings. The van der Waals surface area contributed by atoms with E-state index in [4.69, 9.17) is 14.2 Å². The molecule has 150 valence electrons. The van der Waals surface area contributed by atoms with E-state index >= 15 is 0 Å². The Balaban J connectivity index is 1.97. The van der Waals surface area contributed by atoms with Crippen LogP contribution < -0.4 is 24.8 Å². The quantitative estimate of drug-likeness (QED) is 0.728. The molecule has 1 atom stereocenters. The Morgan fingerprint density at radius 3 is 2.21 bits per heavy atom. The monoisotopic (exact) mass is 386 g/mol. The Morgan fingerprint density at radius 2 is 1.57 bits per heavy atom. The highest BCUT2D eigenvalue weighted by atomic mass is 16.5. The van der Waals surface area contributed by atoms with Gasteiger partial charge in [-0.25, -0.2) is 0 Å². The third kappa shape index (κ3) is 5.16. The molecule has 0 aliphatic rings. The number of benzene rings is 2. The average molecular weight is 386 g/mol. The lowest BCUT2D eigenvalue weighted by Gasteiger charge is -2.18. The molecule has 0 aliphatic carbocycles. The number of aryl methyl sites for hydroxylation is 1. The largest absolute Gasteiger partial charge is 0.496 e. The smallest absolute Gasteiger partial charge is 0.251 e. The summed E-state index contributed by atoms with van der Waals surface area (Å²) in [6.45, 7) is 3.69. The highest BCUT2D eigenvalue weighted by Gasteiger charge is 2.16. The van der Waals surface area contributed by atoms with Crippen molar-refractivity contribution in [3.63, 3.8) is 0 Å². The van der Waals surface area contributed by atoms with Gasteiger partial charge in [0.2, 0.25) is 5.91 Å². The van der Waals surface area contributed by atoms with E-state index in [1.165, 1.54) is 14.2 Å². The van der Waals surface area contributed by atoms with Gasteiger partial charge in [0.25, 0.3) is 5.91 Å². The van der Waals surface area contributed by atoms with Crippen LogP contribution in [0.3, 0.4) is 0 Å². The van der Waals surface area contributed by atoms with Crippen LogP contribution in [0.5, 0.6) is 17.2 Å². The molecule has 7 nitrogen and oxygen atoms in total. The predicted octanol–water partition coefficient (Wildman–Crippen LogP) is 2.63. The van der Waals surface area contributed by atoms with Crippen LogP contribution in [0.25, 0.3) is 0 Å². The fourth-order valence-electron chi connectivity index (χ4n) is 2.80. The zero-order valence-electron chi connectivity index (χ0n) is 16.8. The molecule has 0 unspecified atom stereocenters. The van der Waals surface area contributed by atoms with E-state index in [2.05, 4.69) is 10.6 Å². The van der Waals surface area contributed by atoms with Gasteiger partial charge >= 0.3 is 0 Å². The molecule has 0 heterocycles. The van der Waals surface area contributed by atoms with Crippen LogP contribution in [-0.2, 0) is 4.79 Å². The van der Waals surface area contributed by atoms with Gasteiger partial charge in [0.1, 0.15) is 5.75 Å². The van der Waals surface area contributed by atoms with E-state index in [-0.39, 0.29) is 24.4 Å². The number of rotatable bonds is 8. The van der Waals surface area contributed by atoms with Gasteiger partial charge in [0.15, 0.2) is 11.5 Å². The summed E-state index contributed by atoms with van der Waals surface area (Å²) in [5, 5.41) is 5.47. The van der Waals surface area contributed by atoms with Crippen LogP contribution in [0.4, 0.5) is 0 Å². The molecule has 2 rings (SSSR count). The van der Waals surface area contributed by atoms with Crippen molar-refractivity contribution in [2.45, 2.75) is 19.9 Å². The molecule has 0 saturated carbocycles. The van der Waals surface area contributed by atoms with E-state index in [1.807, 2.05) is 32.0 Å². The molecule has 0 aliphatic heterocycles. The van der Waals surface area contributed by atoms with Crippen LogP contribution in [0.2, 0.25) is 0 Å². The Bertz CT molecular complexity index is 851. The molecule has 2 N–H and O–H groups in total. The van der Waals surface area contributed by atoms with E-state index < -0.39 is 0 Å². The van der Waals surface area contributed by atoms with Gasteiger partial charge in [0.05, 0.1) is 33.9 Å². The first kappa shape index (κ1) is 21.1. The summed E-state index contributed by atoms with van der Waals surface area (Å²) in [6.07, 6.45) is 0. The summed E-state index contributed by atoms with van der Waals surface area (Å²) >= 11 is 0. The van der Waals surface area contributed by atoms with Crippen LogP contribution in [-0.4, -0.2) is 39.7 Å². The van der Waals surface area contributed by atoms with Gasteiger partial charge in [-0.3, -0.25) is 9.59 Å². The minimum absolute atomic E-state index is 0.147. The average Bonchev–Trinajstić information content (AvgIpc) is 2.71. The second kappa shape index (κ2) is 9.64. The predicted molar refractivity (Wildman–Crippen MR) is 106 cm³/mol. The first-order valence-corrected chi connectivity index (χ1v) is 8.83. The lowest BCUT2D eigenvalue weighted by molar-refractivity contribution is -0.120. The second-order valence-corrected chi connectivity index (χ2v) is 6.29. The number of carbonyl (C=O) groups is 2. The van der Waals surface area contributed by atoms with Crippen molar-refractivity contribution in [2.24, 2.45) is 0 Å². The zero-order valence-corrected chi connectivity index (χ0v) is 16.8. The Kier molecular flexibility index (Phi) is 7.26. The number of methoxy groups -OCH3 is 3. The lowest BCUT2D eigenvalue weighted by atomic mass is 10.0. The second-order valence-electron chi connectivity index (χ2n) is 6.29. The molecular weight excluding hydrogens is 360 g/mol. The van der Waals surface area contributed by atoms with Gasteiger partial charge in [0, 0.05) is 11.1 Å². The summed E-state index contributed by atoms with van der Waals surface area (Å²) < 4.78 is 15.7. The fraction of sp³-hybridized carbons (Fsp3) is 0.333. The zero-order chi connectivity index (χ0) is 20.7. The molecule has 0 spiro atoms. The van der Waals surface area contributed by atoms with Gasteiger partial charge in [-0.15, -0.1) is 0 Å². The summed E-state index contributed by atoms with van der Waals surface area (Å²) in [7, 11) is 4.60. The van der Waals surface area contributed by atoms with Crippen molar-refractivity contribution < 1.29 is 23.8 Å². The maximum atomic E-state index is 12.3. The van der Waals surface area contributed by atoms with Crippen molar-refractivity contribution in [1.82, 2.24) is 10.6 Å². The van der Waals surface area contributed by atoms with Crippen molar-refractivity contribution >= 4 is 11.8 Å². The molecule has 2 aromatic carbocycles. The molecule has 0 bridgehead atoms. The molecule has 0 saturated heterocycles. The lowest BCUT2D eigenvalue weighted by Crippen LogP contribution is -2.38. The number of nitrogens with one attached hydrogen (secondary N) is 2. The minimum Gasteiger partial charge on any atom is -0.496 e. The van der Waals surface area contributed by atoms with Crippen LogP contribution in [0.1, 0.15) is 34.5 Å². The topological polar surface area (TPSA) is 85.9 Å². The summed E-state index contributed by atoms with van der Waals surface area (Å²) in [6, 6.07) is 10.3. The molecule has 0 aromatic heterocycles. The van der Waals surface area contributed by atoms with Crippen LogP contribution in [0.15, 0.2) is 36.4 Å². The van der Waals surface area contributed by atoms with Gasteiger partial charge in [-0.1, -0.05) is 17.7 Å². The number of hydrogen-bond acceptors (Lipinski definition) is 5. The fourth-order valence-corrected chi connectivity index (χ4v) is 2.80. The third-order valence-corrected chi connectivity index (χ3v) is 4.28. The van der Waals surface area contributed by atoms with Gasteiger partial charge in [-0.2, -0.15) is 0 Å². The van der Waals surface area contributed by atoms with Crippen molar-refractivity contribution in [1.29, 1.82) is 0 Å². The molecular formula is C21H26N2O5. The van der Waals surface area contributed by atoms with E-state index in [1.54, 1.807) is 25.3 Å². The first-order valence-electron chi connectivity index (χ1n) is 8.83. The molecule has 2 amide bonds. The van der Waals surface area contributed by atoms with E-state index in [9.17, 15) is 9.59 Å². The maximum Gasteiger partial charge on any atom is 0.251 e. The van der Waals surface area contributed by atoms with E-state index in [0.717, 1.165) is 11.1 Å². The van der Waals surface area contributed by atoms with Crippen molar-refractivity contribution in [3.05, 3.63) is 53.1 Å². The Hall–Kier alpha value is -3.22. The van der Waals surface area contributed by atoms with Crippen molar-refractivity contribution in [2.75, 3.05) is 27.9 Å². The molecule has 7 heteroatoms. The third-order valence-electron chi connectivity index (χ3n) is 4.28. The highest BCUT2D eigenvalue weighted by molar-refractivity contribution is 5.97. The number of carbonyl (C=O) groups excluding carboxylic acids is 2. The highest BCUT2D eigenvalue weighted by Crippen LogP contribution is 2.27. The Labute approximate surface area is 165 Å². The van der Waals surface area contributed by atoms with Crippen molar-refractivity contribution in [3.8, 4) is 17.2 Å². The van der Waals surface area contributed by atoms with E-state index in [0.29, 0.717) is 22.8 Å². The number of hydrogen-bond donors (Lipinski definition) is 2. The number of amides is 2. The SMILES string of the molecule is COc1ccc(C(=O)NCC(=O)N[C@@H](C)c2cc(C)ccc2OC)cc1OC. The molecule has 0 radical (unpaired) electrons. The van der Waals surface area contributed by atoms with Gasteiger partial charge in [-0.05, 0) is 38.1 Å². The summed E-state index contributed by atoms with van der Waals surface area (Å²) in [5.41, 5.74) is 2.32. The normalized spacial score (nSPS) is 11.3. The Morgan fingerprint density at radius 1 is 0.929 bits per heavy atom. The number of ether oxygens (including phenoxy) is 3. The standard InChI is InChI=1S/C21H26N2O5/c1-13-6-8-17(26-3)16(10-13)14(2)23-20(24)12-22-21(25)15-7-9-18(27-4)19(11-15)28-5/h6-11,14H,12H2,1-5H3,(H,22,25)(H,23,24)/t14-/m0/s1. The van der Waals surface area contributed by atoms with Gasteiger partial charge < -0.3 is 24.8 Å². The van der Waals surface area contributed by atoms with Crippen LogP contribution >= 0.6 is 0 Å². The van der Waals surface area contributed by atoms with Crippen LogP contribution in [0, 0.1) is 6.92 Å². The minimum atomic E-state index is -0.378. The summed E-state index contributed by atoms with van der Waals surface area (Å²) in [5.74, 6) is 0.993. The maximum absolute atomic E-state index is 12.3. The first-order chi connectivity index (χ1) is 13.4. The molecule has 0 fully saturated rings. The molecule has 28 heavy (non-hydrogen) atoms. The summed E-state index contributed by atoms with van der Waals surface area (Å²) in [4.78, 5) is 24.6.